The molecule has 336 valence electrons. The van der Waals surface area contributed by atoms with Gasteiger partial charge in [0.05, 0.1) is 18.0 Å². The molecule has 0 bridgehead atoms. The lowest BCUT2D eigenvalue weighted by Gasteiger charge is -2.28. The lowest BCUT2D eigenvalue weighted by molar-refractivity contribution is -0.144. The van der Waals surface area contributed by atoms with Crippen LogP contribution in [0.2, 0.25) is 0 Å². The van der Waals surface area contributed by atoms with Gasteiger partial charge in [0.2, 0.25) is 29.5 Å². The predicted molar refractivity (Wildman–Crippen MR) is 227 cm³/mol. The van der Waals surface area contributed by atoms with E-state index < -0.39 is 83.5 Å². The van der Waals surface area contributed by atoms with Crippen LogP contribution in [0.3, 0.4) is 0 Å². The van der Waals surface area contributed by atoms with Crippen LogP contribution in [0.25, 0.3) is 0 Å². The number of amides is 5. The van der Waals surface area contributed by atoms with Crippen LogP contribution < -0.4 is 49.5 Å². The highest BCUT2D eigenvalue weighted by atomic mass is 16.4. The van der Waals surface area contributed by atoms with Crippen molar-refractivity contribution >= 4 is 41.3 Å². The van der Waals surface area contributed by atoms with E-state index in [9.17, 15) is 43.8 Å². The number of nitrogens with one attached hydrogen (secondary N) is 5. The van der Waals surface area contributed by atoms with Crippen molar-refractivity contribution in [1.82, 2.24) is 26.6 Å². The second-order valence-electron chi connectivity index (χ2n) is 15.9. The zero-order chi connectivity index (χ0) is 44.6. The number of aromatic hydroxyl groups is 1. The Morgan fingerprint density at radius 1 is 0.783 bits per heavy atom. The minimum atomic E-state index is -1.30. The number of phenols is 1. The van der Waals surface area contributed by atoms with E-state index in [0.717, 1.165) is 0 Å². The molecule has 1 aliphatic heterocycles. The largest absolute Gasteiger partial charge is 0.508 e. The van der Waals surface area contributed by atoms with Crippen molar-refractivity contribution in [3.8, 4) is 5.75 Å². The number of hydrogen-bond acceptors (Lipinski definition) is 12. The summed E-state index contributed by atoms with van der Waals surface area (Å²) in [6, 6.07) is -0.846. The van der Waals surface area contributed by atoms with Gasteiger partial charge in [-0.25, -0.2) is 0 Å². The van der Waals surface area contributed by atoms with Crippen LogP contribution in [-0.4, -0.2) is 107 Å². The number of carbonyl (C=O) groups is 7. The number of nitrogens with two attached hydrogens (primary N) is 4. The summed E-state index contributed by atoms with van der Waals surface area (Å²) in [5.74, 6) is -6.04. The quantitative estimate of drug-likeness (QED) is 0.0488. The Hall–Kier alpha value is -4.91. The molecule has 18 heteroatoms. The summed E-state index contributed by atoms with van der Waals surface area (Å²) in [5, 5.41) is 33.4. The van der Waals surface area contributed by atoms with Gasteiger partial charge >= 0.3 is 5.97 Å². The molecule has 18 nitrogen and oxygen atoms in total. The third-order valence-electron chi connectivity index (χ3n) is 10.3. The molecule has 1 aromatic rings. The summed E-state index contributed by atoms with van der Waals surface area (Å²) >= 11 is 0. The van der Waals surface area contributed by atoms with E-state index in [1.807, 2.05) is 13.8 Å². The summed E-state index contributed by atoms with van der Waals surface area (Å²) in [4.78, 5) is 94.9. The maximum Gasteiger partial charge on any atom is 0.306 e. The number of carboxylic acid groups (broad SMARTS) is 1. The number of aliphatic carboxylic acids is 1. The van der Waals surface area contributed by atoms with Crippen LogP contribution >= 0.6 is 0 Å². The average Bonchev–Trinajstić information content (AvgIpc) is 3.20. The number of benzene rings is 1. The monoisotopic (exact) mass is 844 g/mol. The number of phenolic OH excluding ortho intramolecular Hbond substituents is 1. The zero-order valence-electron chi connectivity index (χ0n) is 35.2. The molecule has 1 aliphatic rings. The highest BCUT2D eigenvalue weighted by Gasteiger charge is 2.34. The summed E-state index contributed by atoms with van der Waals surface area (Å²) in [5.41, 5.74) is 23.7. The molecule has 60 heavy (non-hydrogen) atoms. The molecular formula is C42H69N9O9. The maximum absolute atomic E-state index is 14.2. The first kappa shape index (κ1) is 51.2. The van der Waals surface area contributed by atoms with E-state index in [-0.39, 0.29) is 56.6 Å². The van der Waals surface area contributed by atoms with Crippen molar-refractivity contribution in [3.63, 3.8) is 0 Å². The van der Waals surface area contributed by atoms with Crippen molar-refractivity contribution < 1.29 is 43.8 Å². The molecule has 2 rings (SSSR count). The number of carboxylic acids is 1. The normalized spacial score (nSPS) is 20.5. The number of rotatable bonds is 24. The molecule has 0 unspecified atom stereocenters. The number of carbonyl (C=O) groups excluding carboxylic acids is 6. The van der Waals surface area contributed by atoms with Gasteiger partial charge in [-0.05, 0) is 120 Å². The third kappa shape index (κ3) is 19.0. The standard InChI is InChI=1S/C42H69N9O9/c1-26(2)23-28(42(59)60)25-36(53)35(24-27-16-18-29(52)19-17-27)51-41(58)32-13-4-3-12-31(47-37(54)30(46)11-5-8-20-43)38(55)49-33(14-6-9-21-44)40(57)50-34(39(56)48-32)15-7-10-22-45/h3-4,16-19,26,28,30-35,52H,5-15,20-25,43-46H2,1-2H3,(H,47,54)(H,48,56)(H,49,55)(H,50,57)(H,51,58)(H,59,60)/t28-,30+,31+,32+,33+,34+,35+/m1/s1. The minimum absolute atomic E-state index is 0.0117. The molecule has 0 radical (unpaired) electrons. The van der Waals surface area contributed by atoms with Crippen LogP contribution in [0, 0.1) is 11.8 Å². The van der Waals surface area contributed by atoms with E-state index in [0.29, 0.717) is 70.1 Å². The molecule has 0 aromatic heterocycles. The van der Waals surface area contributed by atoms with Gasteiger partial charge < -0.3 is 59.7 Å². The van der Waals surface area contributed by atoms with Crippen molar-refractivity contribution in [2.75, 3.05) is 19.6 Å². The number of Topliss-reactive ketones (excluding diaryl/α,β-unsaturated/α-hetero) is 1. The number of unbranched alkanes of at least 4 members (excludes halogenated alkanes) is 3. The van der Waals surface area contributed by atoms with Crippen LogP contribution in [-0.2, 0) is 40.0 Å². The van der Waals surface area contributed by atoms with Gasteiger partial charge in [-0.15, -0.1) is 0 Å². The van der Waals surface area contributed by atoms with Crippen molar-refractivity contribution in [3.05, 3.63) is 42.0 Å². The molecule has 1 aromatic carbocycles. The third-order valence-corrected chi connectivity index (χ3v) is 10.3. The SMILES string of the molecule is CC(C)C[C@H](CC(=O)[C@H](Cc1ccc(O)cc1)NC(=O)[C@@H]1CC=CC[C@H](NC(=O)[C@@H](N)CCCCN)C(=O)N[C@@H](CCCCN)C(=O)N[C@@H](CCCCN)C(=O)N1)C(=O)O. The molecule has 7 atom stereocenters. The van der Waals surface area contributed by atoms with E-state index >= 15 is 0 Å². The van der Waals surface area contributed by atoms with Gasteiger partial charge in [-0.2, -0.15) is 0 Å². The fourth-order valence-corrected chi connectivity index (χ4v) is 6.80. The van der Waals surface area contributed by atoms with Crippen LogP contribution in [0.4, 0.5) is 0 Å². The number of ketones is 1. The van der Waals surface area contributed by atoms with Crippen LogP contribution in [0.15, 0.2) is 36.4 Å². The summed E-state index contributed by atoms with van der Waals surface area (Å²) < 4.78 is 0. The highest BCUT2D eigenvalue weighted by molar-refractivity contribution is 5.97. The Balaban J connectivity index is 2.55. The molecule has 0 saturated heterocycles. The van der Waals surface area contributed by atoms with E-state index in [2.05, 4.69) is 26.6 Å². The minimum Gasteiger partial charge on any atom is -0.508 e. The predicted octanol–water partition coefficient (Wildman–Crippen LogP) is 0.129. The Labute approximate surface area is 353 Å². The fraction of sp³-hybridized carbons (Fsp3) is 0.643. The van der Waals surface area contributed by atoms with Crippen LogP contribution in [0.1, 0.15) is 103 Å². The maximum atomic E-state index is 14.2. The van der Waals surface area contributed by atoms with Gasteiger partial charge in [0.1, 0.15) is 29.9 Å². The highest BCUT2D eigenvalue weighted by Crippen LogP contribution is 2.20. The van der Waals surface area contributed by atoms with Gasteiger partial charge in [0.15, 0.2) is 5.78 Å². The molecule has 0 aliphatic carbocycles. The summed E-state index contributed by atoms with van der Waals surface area (Å²) in [7, 11) is 0. The summed E-state index contributed by atoms with van der Waals surface area (Å²) in [6.45, 7) is 4.80. The van der Waals surface area contributed by atoms with E-state index in [4.69, 9.17) is 22.9 Å². The second-order valence-corrected chi connectivity index (χ2v) is 15.9. The number of hydrogen-bond donors (Lipinski definition) is 11. The molecule has 0 saturated carbocycles. The van der Waals surface area contributed by atoms with Crippen molar-refractivity contribution in [1.29, 1.82) is 0 Å². The Morgan fingerprint density at radius 2 is 1.33 bits per heavy atom. The molecule has 0 spiro atoms. The molecule has 15 N–H and O–H groups in total. The Bertz CT molecular complexity index is 1570. The molecule has 0 fully saturated rings. The molecular weight excluding hydrogens is 775 g/mol. The zero-order valence-corrected chi connectivity index (χ0v) is 35.2. The van der Waals surface area contributed by atoms with Gasteiger partial charge in [0.25, 0.3) is 0 Å². The first-order valence-electron chi connectivity index (χ1n) is 21.2. The fourth-order valence-electron chi connectivity index (χ4n) is 6.80. The topological polar surface area (TPSA) is 324 Å². The lowest BCUT2D eigenvalue weighted by atomic mass is 9.89. The lowest BCUT2D eigenvalue weighted by Crippen LogP contribution is -2.59. The summed E-state index contributed by atoms with van der Waals surface area (Å²) in [6.07, 6.45) is 6.71. The van der Waals surface area contributed by atoms with Gasteiger partial charge in [0, 0.05) is 6.42 Å². The molecule has 5 amide bonds. The Morgan fingerprint density at radius 3 is 1.90 bits per heavy atom. The van der Waals surface area contributed by atoms with Crippen molar-refractivity contribution in [2.24, 2.45) is 34.8 Å². The smallest absolute Gasteiger partial charge is 0.306 e. The molecule has 1 heterocycles. The van der Waals surface area contributed by atoms with Gasteiger partial charge in [-0.3, -0.25) is 33.6 Å². The Kier molecular flexibility index (Phi) is 23.7. The van der Waals surface area contributed by atoms with Gasteiger partial charge in [-0.1, -0.05) is 44.6 Å². The van der Waals surface area contributed by atoms with Crippen LogP contribution in [0.5, 0.6) is 5.75 Å². The first-order chi connectivity index (χ1) is 28.6. The van der Waals surface area contributed by atoms with E-state index in [1.165, 1.54) is 12.1 Å². The average molecular weight is 844 g/mol. The van der Waals surface area contributed by atoms with E-state index in [1.54, 1.807) is 24.3 Å². The second kappa shape index (κ2) is 27.8. The first-order valence-corrected chi connectivity index (χ1v) is 21.2. The van der Waals surface area contributed by atoms with Crippen molar-refractivity contribution in [2.45, 2.75) is 140 Å².